The summed E-state index contributed by atoms with van der Waals surface area (Å²) < 4.78 is 5.62. The van der Waals surface area contributed by atoms with Gasteiger partial charge in [-0.25, -0.2) is 0 Å². The van der Waals surface area contributed by atoms with Gasteiger partial charge in [0.2, 0.25) is 0 Å². The number of hydrogen-bond donors (Lipinski definition) is 1. The van der Waals surface area contributed by atoms with Gasteiger partial charge in [-0.05, 0) is 45.4 Å². The molecule has 0 amide bonds. The minimum atomic E-state index is 0.119. The molecular formula is C15H21NO2. The lowest BCUT2D eigenvalue weighted by Gasteiger charge is -2.21. The minimum Gasteiger partial charge on any atom is -0.491 e. The summed E-state index contributed by atoms with van der Waals surface area (Å²) in [6, 6.07) is 7.53. The van der Waals surface area contributed by atoms with Crippen molar-refractivity contribution in [2.45, 2.75) is 32.8 Å². The zero-order chi connectivity index (χ0) is 13.0. The quantitative estimate of drug-likeness (QED) is 0.831. The van der Waals surface area contributed by atoms with Gasteiger partial charge in [-0.3, -0.25) is 4.79 Å². The summed E-state index contributed by atoms with van der Waals surface area (Å²) in [4.78, 5) is 12.3. The van der Waals surface area contributed by atoms with Gasteiger partial charge in [0.05, 0.1) is 6.10 Å². The lowest BCUT2D eigenvalue weighted by molar-refractivity contribution is 0.0899. The van der Waals surface area contributed by atoms with Crippen LogP contribution in [0.4, 0.5) is 0 Å². The molecule has 1 saturated heterocycles. The summed E-state index contributed by atoms with van der Waals surface area (Å²) in [7, 11) is 0. The van der Waals surface area contributed by atoms with Crippen molar-refractivity contribution in [1.29, 1.82) is 0 Å². The van der Waals surface area contributed by atoms with Gasteiger partial charge in [0.25, 0.3) is 0 Å². The summed E-state index contributed by atoms with van der Waals surface area (Å²) in [6.07, 6.45) is 2.20. The van der Waals surface area contributed by atoms with Gasteiger partial charge >= 0.3 is 0 Å². The number of carbonyl (C=O) groups is 1. The molecule has 1 aromatic rings. The van der Waals surface area contributed by atoms with Crippen molar-refractivity contribution in [3.63, 3.8) is 0 Å². The van der Waals surface area contributed by atoms with Crippen LogP contribution in [0, 0.1) is 5.92 Å². The van der Waals surface area contributed by atoms with E-state index in [1.807, 2.05) is 38.1 Å². The molecule has 1 aliphatic rings. The molecule has 1 fully saturated rings. The van der Waals surface area contributed by atoms with Gasteiger partial charge in [-0.1, -0.05) is 12.1 Å². The van der Waals surface area contributed by atoms with E-state index < -0.39 is 0 Å². The highest BCUT2D eigenvalue weighted by Crippen LogP contribution is 2.20. The van der Waals surface area contributed by atoms with E-state index in [0.29, 0.717) is 0 Å². The summed E-state index contributed by atoms with van der Waals surface area (Å²) in [5, 5.41) is 3.28. The fourth-order valence-corrected chi connectivity index (χ4v) is 2.31. The largest absolute Gasteiger partial charge is 0.491 e. The first-order chi connectivity index (χ1) is 8.66. The number of ketones is 1. The normalized spacial score (nSPS) is 19.8. The molecular weight excluding hydrogens is 226 g/mol. The van der Waals surface area contributed by atoms with Crippen LogP contribution in [0.1, 0.15) is 37.0 Å². The Bertz CT molecular complexity index is 409. The Labute approximate surface area is 109 Å². The number of carbonyl (C=O) groups excluding carboxylic acids is 1. The number of ether oxygens (including phenoxy) is 1. The zero-order valence-electron chi connectivity index (χ0n) is 11.1. The van der Waals surface area contributed by atoms with E-state index in [1.165, 1.54) is 0 Å². The molecule has 2 rings (SSSR count). The highest BCUT2D eigenvalue weighted by molar-refractivity contribution is 5.98. The molecule has 0 radical (unpaired) electrons. The van der Waals surface area contributed by atoms with Crippen LogP contribution in [0.5, 0.6) is 5.75 Å². The number of benzene rings is 1. The van der Waals surface area contributed by atoms with Crippen LogP contribution < -0.4 is 10.1 Å². The van der Waals surface area contributed by atoms with Crippen LogP contribution in [0.25, 0.3) is 0 Å². The Morgan fingerprint density at radius 2 is 2.28 bits per heavy atom. The van der Waals surface area contributed by atoms with E-state index in [4.69, 9.17) is 4.74 Å². The molecule has 0 aliphatic carbocycles. The van der Waals surface area contributed by atoms with Gasteiger partial charge in [0.1, 0.15) is 5.75 Å². The maximum atomic E-state index is 12.3. The van der Waals surface area contributed by atoms with Crippen molar-refractivity contribution in [3.05, 3.63) is 29.8 Å². The third kappa shape index (κ3) is 3.33. The minimum absolute atomic E-state index is 0.119. The first-order valence-electron chi connectivity index (χ1n) is 6.68. The second-order valence-electron chi connectivity index (χ2n) is 5.10. The molecule has 3 heteroatoms. The zero-order valence-corrected chi connectivity index (χ0v) is 11.1. The van der Waals surface area contributed by atoms with Crippen molar-refractivity contribution >= 4 is 5.78 Å². The van der Waals surface area contributed by atoms with Crippen LogP contribution in [0.3, 0.4) is 0 Å². The first-order valence-corrected chi connectivity index (χ1v) is 6.68. The molecule has 1 heterocycles. The van der Waals surface area contributed by atoms with Crippen LogP contribution in [-0.4, -0.2) is 25.0 Å². The Morgan fingerprint density at radius 1 is 1.44 bits per heavy atom. The van der Waals surface area contributed by atoms with Gasteiger partial charge < -0.3 is 10.1 Å². The molecule has 0 unspecified atom stereocenters. The average molecular weight is 247 g/mol. The smallest absolute Gasteiger partial charge is 0.167 e. The summed E-state index contributed by atoms with van der Waals surface area (Å²) in [5.74, 6) is 1.13. The second-order valence-corrected chi connectivity index (χ2v) is 5.10. The molecule has 3 nitrogen and oxygen atoms in total. The van der Waals surface area contributed by atoms with E-state index in [2.05, 4.69) is 5.32 Å². The predicted octanol–water partition coefficient (Wildman–Crippen LogP) is 2.66. The Kier molecular flexibility index (Phi) is 4.37. The SMILES string of the molecule is CC(C)Oc1cccc(C(=O)[C@@H]2CCCNC2)c1. The maximum Gasteiger partial charge on any atom is 0.167 e. The fraction of sp³-hybridized carbons (Fsp3) is 0.533. The van der Waals surface area contributed by atoms with Crippen molar-refractivity contribution in [3.8, 4) is 5.75 Å². The fourth-order valence-electron chi connectivity index (χ4n) is 2.31. The van der Waals surface area contributed by atoms with Crippen molar-refractivity contribution in [2.24, 2.45) is 5.92 Å². The summed E-state index contributed by atoms with van der Waals surface area (Å²) in [6.45, 7) is 5.80. The van der Waals surface area contributed by atoms with Crippen molar-refractivity contribution in [1.82, 2.24) is 5.32 Å². The third-order valence-electron chi connectivity index (χ3n) is 3.16. The highest BCUT2D eigenvalue weighted by atomic mass is 16.5. The topological polar surface area (TPSA) is 38.3 Å². The number of nitrogens with one attached hydrogen (secondary N) is 1. The van der Waals surface area contributed by atoms with Crippen molar-refractivity contribution in [2.75, 3.05) is 13.1 Å². The average Bonchev–Trinajstić information content (AvgIpc) is 2.38. The molecule has 1 aromatic carbocycles. The van der Waals surface area contributed by atoms with Crippen LogP contribution >= 0.6 is 0 Å². The monoisotopic (exact) mass is 247 g/mol. The molecule has 0 spiro atoms. The second kappa shape index (κ2) is 6.01. The van der Waals surface area contributed by atoms with Gasteiger partial charge in [0.15, 0.2) is 5.78 Å². The lowest BCUT2D eigenvalue weighted by atomic mass is 9.91. The molecule has 18 heavy (non-hydrogen) atoms. The van der Waals surface area contributed by atoms with Gasteiger partial charge in [-0.15, -0.1) is 0 Å². The molecule has 0 aromatic heterocycles. The Hall–Kier alpha value is -1.35. The van der Waals surface area contributed by atoms with Gasteiger partial charge in [-0.2, -0.15) is 0 Å². The number of rotatable bonds is 4. The van der Waals surface area contributed by atoms with E-state index in [0.717, 1.165) is 37.2 Å². The van der Waals surface area contributed by atoms with Gasteiger partial charge in [0, 0.05) is 18.0 Å². The van der Waals surface area contributed by atoms with Crippen LogP contribution in [0.15, 0.2) is 24.3 Å². The van der Waals surface area contributed by atoms with Crippen LogP contribution in [0.2, 0.25) is 0 Å². The standard InChI is InChI=1S/C15H21NO2/c1-11(2)18-14-7-3-5-12(9-14)15(17)13-6-4-8-16-10-13/h3,5,7,9,11,13,16H,4,6,8,10H2,1-2H3/t13-/m1/s1. The van der Waals surface area contributed by atoms with Crippen LogP contribution in [-0.2, 0) is 0 Å². The Morgan fingerprint density at radius 3 is 2.94 bits per heavy atom. The molecule has 1 aliphatic heterocycles. The molecule has 1 atom stereocenters. The van der Waals surface area contributed by atoms with E-state index in [-0.39, 0.29) is 17.8 Å². The predicted molar refractivity (Wildman–Crippen MR) is 72.1 cm³/mol. The van der Waals surface area contributed by atoms with Crippen molar-refractivity contribution < 1.29 is 9.53 Å². The molecule has 98 valence electrons. The molecule has 0 saturated carbocycles. The molecule has 0 bridgehead atoms. The number of piperidine rings is 1. The lowest BCUT2D eigenvalue weighted by Crippen LogP contribution is -2.34. The Balaban J connectivity index is 2.09. The summed E-state index contributed by atoms with van der Waals surface area (Å²) in [5.41, 5.74) is 0.766. The maximum absolute atomic E-state index is 12.3. The van der Waals surface area contributed by atoms with E-state index in [1.54, 1.807) is 0 Å². The summed E-state index contributed by atoms with van der Waals surface area (Å²) >= 11 is 0. The third-order valence-corrected chi connectivity index (χ3v) is 3.16. The first kappa shape index (κ1) is 13.1. The molecule has 1 N–H and O–H groups in total. The number of Topliss-reactive ketones (excluding diaryl/α,β-unsaturated/α-hetero) is 1. The van der Waals surface area contributed by atoms with E-state index >= 15 is 0 Å². The van der Waals surface area contributed by atoms with E-state index in [9.17, 15) is 4.79 Å². The number of hydrogen-bond acceptors (Lipinski definition) is 3. The highest BCUT2D eigenvalue weighted by Gasteiger charge is 2.22.